The number of benzene rings is 2. The van der Waals surface area contributed by atoms with Gasteiger partial charge < -0.3 is 20.7 Å². The smallest absolute Gasteiger partial charge is 0.332 e. The Morgan fingerprint density at radius 1 is 1.29 bits per heavy atom. The van der Waals surface area contributed by atoms with E-state index in [0.29, 0.717) is 13.0 Å². The zero-order valence-electron chi connectivity index (χ0n) is 18.9. The van der Waals surface area contributed by atoms with Crippen LogP contribution in [0, 0.1) is 23.0 Å². The number of carboxylic acid groups (broad SMARTS) is 1. The third-order valence-corrected chi connectivity index (χ3v) is 6.63. The van der Waals surface area contributed by atoms with Gasteiger partial charge in [-0.05, 0) is 47.9 Å². The van der Waals surface area contributed by atoms with Crippen LogP contribution in [0.25, 0.3) is 0 Å². The average molecular weight is 482 g/mol. The van der Waals surface area contributed by atoms with Crippen LogP contribution < -0.4 is 10.5 Å². The van der Waals surface area contributed by atoms with Crippen LogP contribution in [-0.2, 0) is 10.5 Å². The highest BCUT2D eigenvalue weighted by atomic mass is 19.1. The number of carboxylic acids is 1. The molecular formula is C25H24F2N4O4. The van der Waals surface area contributed by atoms with E-state index in [-0.39, 0.29) is 34.6 Å². The Morgan fingerprint density at radius 3 is 2.66 bits per heavy atom. The molecule has 0 radical (unpaired) electrons. The maximum atomic E-state index is 14.9. The first-order chi connectivity index (χ1) is 16.7. The summed E-state index contributed by atoms with van der Waals surface area (Å²) < 4.78 is 34.7. The van der Waals surface area contributed by atoms with Gasteiger partial charge in [-0.15, -0.1) is 0 Å². The van der Waals surface area contributed by atoms with Crippen molar-refractivity contribution in [1.82, 2.24) is 4.90 Å². The van der Waals surface area contributed by atoms with Gasteiger partial charge in [0, 0.05) is 25.3 Å². The summed E-state index contributed by atoms with van der Waals surface area (Å²) in [5.74, 6) is -3.89. The minimum Gasteiger partial charge on any atom is -0.494 e. The number of piperidine rings is 1. The lowest BCUT2D eigenvalue weighted by Gasteiger charge is -2.50. The van der Waals surface area contributed by atoms with Crippen LogP contribution >= 0.6 is 0 Å². The summed E-state index contributed by atoms with van der Waals surface area (Å²) in [6.07, 6.45) is 2.05. The molecule has 2 aromatic carbocycles. The number of methoxy groups -OCH3 is 1. The van der Waals surface area contributed by atoms with E-state index in [9.17, 15) is 29.1 Å². The van der Waals surface area contributed by atoms with Gasteiger partial charge >= 0.3 is 5.97 Å². The largest absolute Gasteiger partial charge is 0.494 e. The SMILES string of the molecule is COc1ccc(C2C(C(=O)O)=CC=NC2(c2ccc(C#N)c(F)c2)N2CCC(N)C(O)C2)cc1F. The Hall–Kier alpha value is -3.65. The number of nitriles is 1. The predicted octanol–water partition coefficient (Wildman–Crippen LogP) is 2.27. The van der Waals surface area contributed by atoms with Gasteiger partial charge in [-0.3, -0.25) is 9.89 Å². The lowest BCUT2D eigenvalue weighted by molar-refractivity contribution is -0.133. The molecule has 4 rings (SSSR count). The van der Waals surface area contributed by atoms with Crippen molar-refractivity contribution in [1.29, 1.82) is 5.26 Å². The molecule has 0 saturated carbocycles. The van der Waals surface area contributed by atoms with Crippen molar-refractivity contribution in [3.63, 3.8) is 0 Å². The van der Waals surface area contributed by atoms with Crippen molar-refractivity contribution in [3.8, 4) is 11.8 Å². The highest BCUT2D eigenvalue weighted by Crippen LogP contribution is 2.50. The highest BCUT2D eigenvalue weighted by molar-refractivity contribution is 5.95. The molecule has 0 aliphatic carbocycles. The quantitative estimate of drug-likeness (QED) is 0.596. The number of nitrogens with zero attached hydrogens (tertiary/aromatic N) is 3. The van der Waals surface area contributed by atoms with Crippen molar-refractivity contribution in [2.24, 2.45) is 10.7 Å². The first-order valence-corrected chi connectivity index (χ1v) is 10.9. The normalized spacial score (nSPS) is 26.6. The number of aliphatic imine (C=N–C) groups is 1. The molecule has 8 nitrogen and oxygen atoms in total. The van der Waals surface area contributed by atoms with Crippen LogP contribution in [0.5, 0.6) is 5.75 Å². The summed E-state index contributed by atoms with van der Waals surface area (Å²) in [5, 5.41) is 29.9. The second kappa shape index (κ2) is 9.54. The highest BCUT2D eigenvalue weighted by Gasteiger charge is 2.52. The lowest BCUT2D eigenvalue weighted by Crippen LogP contribution is -2.60. The van der Waals surface area contributed by atoms with Crippen LogP contribution in [0.4, 0.5) is 8.78 Å². The third-order valence-electron chi connectivity index (χ3n) is 6.63. The van der Waals surface area contributed by atoms with E-state index in [2.05, 4.69) is 4.99 Å². The molecule has 0 aromatic heterocycles. The number of halogens is 2. The molecule has 4 atom stereocenters. The molecule has 0 amide bonds. The van der Waals surface area contributed by atoms with E-state index >= 15 is 0 Å². The number of aliphatic carboxylic acids is 1. The molecule has 2 heterocycles. The van der Waals surface area contributed by atoms with Crippen LogP contribution in [0.2, 0.25) is 0 Å². The maximum absolute atomic E-state index is 14.9. The Balaban J connectivity index is 2.00. The number of dihydropyridines is 1. The van der Waals surface area contributed by atoms with Gasteiger partial charge in [-0.1, -0.05) is 12.1 Å². The van der Waals surface area contributed by atoms with Gasteiger partial charge in [-0.2, -0.15) is 5.26 Å². The summed E-state index contributed by atoms with van der Waals surface area (Å²) >= 11 is 0. The van der Waals surface area contributed by atoms with Crippen LogP contribution in [0.1, 0.15) is 29.0 Å². The van der Waals surface area contributed by atoms with Gasteiger partial charge in [0.15, 0.2) is 11.6 Å². The second-order valence-corrected chi connectivity index (χ2v) is 8.53. The molecule has 2 aliphatic heterocycles. The van der Waals surface area contributed by atoms with E-state index in [4.69, 9.17) is 10.5 Å². The van der Waals surface area contributed by atoms with Gasteiger partial charge in [0.2, 0.25) is 0 Å². The zero-order chi connectivity index (χ0) is 25.3. The second-order valence-electron chi connectivity index (χ2n) is 8.53. The number of allylic oxidation sites excluding steroid dienone is 1. The molecule has 0 spiro atoms. The van der Waals surface area contributed by atoms with E-state index in [1.165, 1.54) is 49.7 Å². The summed E-state index contributed by atoms with van der Waals surface area (Å²) in [4.78, 5) is 18.8. The molecule has 0 bridgehead atoms. The standard InChI is InChI=1S/C25H24F2N4O4/c1-35-22-5-3-14(10-19(22)27)23-17(24(33)34)6-8-30-25(23,31-9-7-20(29)21(32)13-31)16-4-2-15(12-28)18(26)11-16/h2-6,8,10-11,20-21,23,32H,7,9,13,29H2,1H3,(H,33,34). The molecule has 2 aromatic rings. The molecule has 182 valence electrons. The van der Waals surface area contributed by atoms with E-state index in [0.717, 1.165) is 6.07 Å². The number of aliphatic hydroxyl groups excluding tert-OH is 1. The zero-order valence-corrected chi connectivity index (χ0v) is 18.9. The molecule has 4 N–H and O–H groups in total. The first kappa shape index (κ1) is 24.5. The van der Waals surface area contributed by atoms with E-state index < -0.39 is 41.3 Å². The molecule has 10 heteroatoms. The summed E-state index contributed by atoms with van der Waals surface area (Å²) in [6, 6.07) is 9.27. The first-order valence-electron chi connectivity index (χ1n) is 10.9. The van der Waals surface area contributed by atoms with Crippen molar-refractivity contribution < 1.29 is 28.5 Å². The Labute approximate surface area is 200 Å². The third kappa shape index (κ3) is 4.18. The number of β-amino-alcohol motifs (C(OH)–C–C–N with tert-alkyl or cyclic N) is 1. The minimum atomic E-state index is -1.57. The number of likely N-dealkylation sites (tertiary alicyclic amines) is 1. The number of hydrogen-bond donors (Lipinski definition) is 3. The Morgan fingerprint density at radius 2 is 2.06 bits per heavy atom. The van der Waals surface area contributed by atoms with E-state index in [1.54, 1.807) is 11.0 Å². The minimum absolute atomic E-state index is 0.0160. The van der Waals surface area contributed by atoms with Crippen LogP contribution in [-0.4, -0.2) is 59.6 Å². The number of nitrogens with two attached hydrogens (primary N) is 1. The number of hydrogen-bond acceptors (Lipinski definition) is 7. The van der Waals surface area contributed by atoms with E-state index in [1.807, 2.05) is 0 Å². The maximum Gasteiger partial charge on any atom is 0.332 e. The van der Waals surface area contributed by atoms with Crippen LogP contribution in [0.3, 0.4) is 0 Å². The fraction of sp³-hybridized carbons (Fsp3) is 0.320. The molecule has 4 unspecified atom stereocenters. The van der Waals surface area contributed by atoms with Gasteiger partial charge in [0.05, 0.1) is 30.3 Å². The number of ether oxygens (including phenoxy) is 1. The Kier molecular flexibility index (Phi) is 6.67. The number of aliphatic hydroxyl groups is 1. The summed E-state index contributed by atoms with van der Waals surface area (Å²) in [5.41, 5.74) is 4.67. The van der Waals surface area contributed by atoms with Crippen molar-refractivity contribution in [3.05, 3.63) is 76.4 Å². The molecule has 2 aliphatic rings. The summed E-state index contributed by atoms with van der Waals surface area (Å²) in [6.45, 7) is 0.321. The number of carbonyl (C=O) groups is 1. The molecular weight excluding hydrogens is 458 g/mol. The average Bonchev–Trinajstić information content (AvgIpc) is 2.85. The Bertz CT molecular complexity index is 1260. The van der Waals surface area contributed by atoms with Gasteiger partial charge in [0.1, 0.15) is 17.5 Å². The lowest BCUT2D eigenvalue weighted by atomic mass is 9.73. The molecule has 1 fully saturated rings. The van der Waals surface area contributed by atoms with Crippen molar-refractivity contribution in [2.75, 3.05) is 20.2 Å². The van der Waals surface area contributed by atoms with Gasteiger partial charge in [0.25, 0.3) is 0 Å². The molecule has 35 heavy (non-hydrogen) atoms. The predicted molar refractivity (Wildman–Crippen MR) is 123 cm³/mol. The summed E-state index contributed by atoms with van der Waals surface area (Å²) in [7, 11) is 1.31. The fourth-order valence-electron chi connectivity index (χ4n) is 4.87. The monoisotopic (exact) mass is 482 g/mol. The fourth-order valence-corrected chi connectivity index (χ4v) is 4.87. The topological polar surface area (TPSA) is 132 Å². The number of rotatable bonds is 5. The van der Waals surface area contributed by atoms with Gasteiger partial charge in [-0.25, -0.2) is 13.6 Å². The van der Waals surface area contributed by atoms with Crippen LogP contribution in [0.15, 0.2) is 53.0 Å². The molecule has 1 saturated heterocycles. The van der Waals surface area contributed by atoms with Crippen molar-refractivity contribution >= 4 is 12.2 Å². The van der Waals surface area contributed by atoms with Crippen molar-refractivity contribution in [2.45, 2.75) is 30.1 Å².